The Morgan fingerprint density at radius 3 is 2.12 bits per heavy atom. The number of carbonyl (C=O) groups excluding carboxylic acids is 2. The van der Waals surface area contributed by atoms with Crippen LogP contribution in [0.1, 0.15) is 43.7 Å². The highest BCUT2D eigenvalue weighted by Gasteiger charge is 2.29. The molecule has 182 valence electrons. The molecule has 0 bridgehead atoms. The molecule has 34 heavy (non-hydrogen) atoms. The molecule has 3 rings (SSSR count). The normalized spacial score (nSPS) is 14.1. The van der Waals surface area contributed by atoms with Crippen LogP contribution in [0, 0.1) is 5.92 Å². The lowest BCUT2D eigenvalue weighted by atomic mass is 9.98. The molecule has 8 nitrogen and oxygen atoms in total. The summed E-state index contributed by atoms with van der Waals surface area (Å²) in [5.41, 5.74) is 4.58. The van der Waals surface area contributed by atoms with Crippen molar-refractivity contribution in [3.63, 3.8) is 0 Å². The molecule has 0 radical (unpaired) electrons. The van der Waals surface area contributed by atoms with Gasteiger partial charge in [-0.05, 0) is 28.2 Å². The molecule has 2 aromatic carbocycles. The van der Waals surface area contributed by atoms with Crippen molar-refractivity contribution in [2.24, 2.45) is 5.92 Å². The van der Waals surface area contributed by atoms with Crippen LogP contribution < -0.4 is 10.6 Å². The number of aliphatic carboxylic acids is 1. The van der Waals surface area contributed by atoms with E-state index in [1.54, 1.807) is 0 Å². The number of methoxy groups -OCH3 is 1. The average molecular weight is 469 g/mol. The standard InChI is InChI=1S/C26H32N2O6/c1-16(2)22(14-24(29)30)28-25(31)23(33-3)12-13-27-26(32)34-15-21-19-10-6-4-8-17(19)18-9-5-7-11-20(18)21/h4-11,16,21-23H,12-15H2,1-3H3,(H,27,32)(H,28,31)(H,29,30). The molecule has 3 N–H and O–H groups in total. The Bertz CT molecular complexity index is 976. The number of hydrogen-bond donors (Lipinski definition) is 3. The van der Waals surface area contributed by atoms with E-state index in [4.69, 9.17) is 14.6 Å². The van der Waals surface area contributed by atoms with Crippen molar-refractivity contribution in [3.05, 3.63) is 59.7 Å². The minimum absolute atomic E-state index is 0.0298. The topological polar surface area (TPSA) is 114 Å². The van der Waals surface area contributed by atoms with Gasteiger partial charge < -0.3 is 25.2 Å². The molecular formula is C26H32N2O6. The van der Waals surface area contributed by atoms with Gasteiger partial charge in [0.25, 0.3) is 0 Å². The van der Waals surface area contributed by atoms with Gasteiger partial charge in [-0.25, -0.2) is 4.79 Å². The zero-order valence-electron chi connectivity index (χ0n) is 19.7. The van der Waals surface area contributed by atoms with Crippen LogP contribution >= 0.6 is 0 Å². The molecule has 1 aliphatic rings. The van der Waals surface area contributed by atoms with Crippen molar-refractivity contribution in [1.82, 2.24) is 10.6 Å². The van der Waals surface area contributed by atoms with E-state index in [0.29, 0.717) is 0 Å². The Balaban J connectivity index is 1.49. The predicted molar refractivity (Wildman–Crippen MR) is 128 cm³/mol. The molecule has 0 saturated carbocycles. The summed E-state index contributed by atoms with van der Waals surface area (Å²) in [7, 11) is 1.40. The van der Waals surface area contributed by atoms with Crippen molar-refractivity contribution < 1.29 is 29.0 Å². The van der Waals surface area contributed by atoms with E-state index < -0.39 is 30.1 Å². The average Bonchev–Trinajstić information content (AvgIpc) is 3.13. The van der Waals surface area contributed by atoms with E-state index in [1.165, 1.54) is 7.11 Å². The molecule has 0 heterocycles. The van der Waals surface area contributed by atoms with Crippen molar-refractivity contribution in [1.29, 1.82) is 0 Å². The van der Waals surface area contributed by atoms with Gasteiger partial charge in [0, 0.05) is 32.0 Å². The van der Waals surface area contributed by atoms with E-state index in [2.05, 4.69) is 34.9 Å². The van der Waals surface area contributed by atoms with Crippen molar-refractivity contribution >= 4 is 18.0 Å². The van der Waals surface area contributed by atoms with Gasteiger partial charge in [0.2, 0.25) is 5.91 Å². The summed E-state index contributed by atoms with van der Waals surface area (Å²) in [6.45, 7) is 4.07. The Morgan fingerprint density at radius 2 is 1.59 bits per heavy atom. The molecule has 0 aromatic heterocycles. The molecule has 2 unspecified atom stereocenters. The van der Waals surface area contributed by atoms with Gasteiger partial charge in [-0.1, -0.05) is 62.4 Å². The fourth-order valence-corrected chi connectivity index (χ4v) is 4.23. The third-order valence-corrected chi connectivity index (χ3v) is 6.12. The first-order valence-electron chi connectivity index (χ1n) is 11.5. The fourth-order valence-electron chi connectivity index (χ4n) is 4.23. The summed E-state index contributed by atoms with van der Waals surface area (Å²) < 4.78 is 10.7. The fraction of sp³-hybridized carbons (Fsp3) is 0.423. The first kappa shape index (κ1) is 25.2. The zero-order valence-corrected chi connectivity index (χ0v) is 19.7. The van der Waals surface area contributed by atoms with Crippen LogP contribution in [0.15, 0.2) is 48.5 Å². The molecule has 1 aliphatic carbocycles. The Kier molecular flexibility index (Phi) is 8.65. The number of nitrogens with one attached hydrogen (secondary N) is 2. The van der Waals surface area contributed by atoms with E-state index >= 15 is 0 Å². The molecular weight excluding hydrogens is 436 g/mol. The molecule has 2 amide bonds. The summed E-state index contributed by atoms with van der Waals surface area (Å²) in [5, 5.41) is 14.4. The molecule has 0 saturated heterocycles. The zero-order chi connectivity index (χ0) is 24.7. The second-order valence-electron chi connectivity index (χ2n) is 8.72. The number of hydrogen-bond acceptors (Lipinski definition) is 5. The van der Waals surface area contributed by atoms with E-state index in [0.717, 1.165) is 22.3 Å². The van der Waals surface area contributed by atoms with Crippen LogP contribution in [-0.2, 0) is 19.1 Å². The molecule has 8 heteroatoms. The van der Waals surface area contributed by atoms with E-state index in [9.17, 15) is 14.4 Å². The highest BCUT2D eigenvalue weighted by Crippen LogP contribution is 2.44. The summed E-state index contributed by atoms with van der Waals surface area (Å²) in [5.74, 6) is -1.46. The van der Waals surface area contributed by atoms with Gasteiger partial charge in [0.05, 0.1) is 6.42 Å². The van der Waals surface area contributed by atoms with Crippen molar-refractivity contribution in [3.8, 4) is 11.1 Å². The summed E-state index contributed by atoms with van der Waals surface area (Å²) in [6.07, 6.45) is -1.32. The van der Waals surface area contributed by atoms with Crippen molar-refractivity contribution in [2.75, 3.05) is 20.3 Å². The SMILES string of the molecule is COC(CCNC(=O)OCC1c2ccccc2-c2ccccc21)C(=O)NC(CC(=O)O)C(C)C. The van der Waals surface area contributed by atoms with Crippen LogP contribution in [-0.4, -0.2) is 55.5 Å². The molecule has 2 atom stereocenters. The highest BCUT2D eigenvalue weighted by molar-refractivity contribution is 5.82. The summed E-state index contributed by atoms with van der Waals surface area (Å²) in [4.78, 5) is 35.8. The molecule has 0 fully saturated rings. The number of amides is 2. The largest absolute Gasteiger partial charge is 0.481 e. The van der Waals surface area contributed by atoms with Crippen LogP contribution in [0.4, 0.5) is 4.79 Å². The first-order chi connectivity index (χ1) is 16.3. The van der Waals surface area contributed by atoms with Gasteiger partial charge in [-0.2, -0.15) is 0 Å². The van der Waals surface area contributed by atoms with E-state index in [1.807, 2.05) is 38.1 Å². The molecule has 0 spiro atoms. The number of fused-ring (bicyclic) bond motifs is 3. The second kappa shape index (κ2) is 11.7. The van der Waals surface area contributed by atoms with Gasteiger partial charge in [-0.15, -0.1) is 0 Å². The lowest BCUT2D eigenvalue weighted by Gasteiger charge is -2.23. The van der Waals surface area contributed by atoms with Gasteiger partial charge in [-0.3, -0.25) is 9.59 Å². The monoisotopic (exact) mass is 468 g/mol. The minimum Gasteiger partial charge on any atom is -0.481 e. The van der Waals surface area contributed by atoms with Gasteiger partial charge in [0.1, 0.15) is 12.7 Å². The Hall–Kier alpha value is -3.39. The quantitative estimate of drug-likeness (QED) is 0.465. The highest BCUT2D eigenvalue weighted by atomic mass is 16.5. The summed E-state index contributed by atoms with van der Waals surface area (Å²) >= 11 is 0. The maximum absolute atomic E-state index is 12.5. The Labute approximate surface area is 199 Å². The van der Waals surface area contributed by atoms with Gasteiger partial charge in [0.15, 0.2) is 0 Å². The third kappa shape index (κ3) is 6.14. The van der Waals surface area contributed by atoms with Crippen molar-refractivity contribution in [2.45, 2.75) is 44.8 Å². The number of ether oxygens (including phenoxy) is 2. The Morgan fingerprint density at radius 1 is 1.00 bits per heavy atom. The maximum atomic E-state index is 12.5. The van der Waals surface area contributed by atoms with Gasteiger partial charge >= 0.3 is 12.1 Å². The third-order valence-electron chi connectivity index (χ3n) is 6.12. The summed E-state index contributed by atoms with van der Waals surface area (Å²) in [6, 6.07) is 15.7. The van der Waals surface area contributed by atoms with Crippen LogP contribution in [0.2, 0.25) is 0 Å². The lowest BCUT2D eigenvalue weighted by molar-refractivity contribution is -0.138. The predicted octanol–water partition coefficient (Wildman–Crippen LogP) is 3.55. The minimum atomic E-state index is -0.982. The second-order valence-corrected chi connectivity index (χ2v) is 8.72. The smallest absolute Gasteiger partial charge is 0.407 e. The number of alkyl carbamates (subject to hydrolysis) is 1. The number of rotatable bonds is 11. The first-order valence-corrected chi connectivity index (χ1v) is 11.5. The lowest BCUT2D eigenvalue weighted by Crippen LogP contribution is -2.46. The number of benzene rings is 2. The molecule has 2 aromatic rings. The van der Waals surface area contributed by atoms with Crippen LogP contribution in [0.3, 0.4) is 0 Å². The molecule has 0 aliphatic heterocycles. The number of carboxylic acid groups (broad SMARTS) is 1. The maximum Gasteiger partial charge on any atom is 0.407 e. The van der Waals surface area contributed by atoms with E-state index in [-0.39, 0.29) is 37.8 Å². The van der Waals surface area contributed by atoms with Crippen LogP contribution in [0.25, 0.3) is 11.1 Å². The number of carboxylic acids is 1. The van der Waals surface area contributed by atoms with Crippen LogP contribution in [0.5, 0.6) is 0 Å². The number of carbonyl (C=O) groups is 3.